The first kappa shape index (κ1) is 12.3. The molecule has 100 valence electrons. The molecule has 0 spiro atoms. The summed E-state index contributed by atoms with van der Waals surface area (Å²) in [6.07, 6.45) is 1.58. The van der Waals surface area contributed by atoms with Crippen molar-refractivity contribution in [1.82, 2.24) is 9.97 Å². The van der Waals surface area contributed by atoms with E-state index in [1.165, 1.54) is 12.4 Å². The van der Waals surface area contributed by atoms with Crippen LogP contribution < -0.4 is 4.90 Å². The van der Waals surface area contributed by atoms with E-state index in [0.29, 0.717) is 12.1 Å². The summed E-state index contributed by atoms with van der Waals surface area (Å²) in [4.78, 5) is 31.9. The molecular formula is C14H11N3O3. The fourth-order valence-electron chi connectivity index (χ4n) is 2.26. The van der Waals surface area contributed by atoms with Gasteiger partial charge in [-0.2, -0.15) is 0 Å². The van der Waals surface area contributed by atoms with Gasteiger partial charge in [0.05, 0.1) is 12.1 Å². The highest BCUT2D eigenvalue weighted by Gasteiger charge is 2.24. The molecule has 1 aliphatic heterocycles. The number of carbonyl (C=O) groups excluding carboxylic acids is 1. The molecule has 0 saturated carbocycles. The van der Waals surface area contributed by atoms with Crippen molar-refractivity contribution in [3.05, 3.63) is 41.9 Å². The lowest BCUT2D eigenvalue weighted by Gasteiger charge is -2.10. The molecule has 6 heteroatoms. The Morgan fingerprint density at radius 2 is 2.10 bits per heavy atom. The average molecular weight is 269 g/mol. The van der Waals surface area contributed by atoms with Crippen LogP contribution in [0.2, 0.25) is 0 Å². The van der Waals surface area contributed by atoms with Crippen molar-refractivity contribution in [2.24, 2.45) is 0 Å². The largest absolute Gasteiger partial charge is 0.477 e. The van der Waals surface area contributed by atoms with Crippen LogP contribution in [-0.4, -0.2) is 34.0 Å². The molecule has 0 aliphatic carbocycles. The Morgan fingerprint density at radius 1 is 1.30 bits per heavy atom. The number of fused-ring (bicyclic) bond motifs is 1. The first-order valence-corrected chi connectivity index (χ1v) is 6.01. The van der Waals surface area contributed by atoms with Gasteiger partial charge in [0, 0.05) is 18.3 Å². The summed E-state index contributed by atoms with van der Waals surface area (Å²) in [5, 5.41) is 8.94. The van der Waals surface area contributed by atoms with Crippen molar-refractivity contribution in [2.45, 2.75) is 6.42 Å². The molecule has 0 unspecified atom stereocenters. The highest BCUT2D eigenvalue weighted by atomic mass is 16.4. The maximum Gasteiger partial charge on any atom is 0.354 e. The Balaban J connectivity index is 2.04. The fourth-order valence-corrected chi connectivity index (χ4v) is 2.26. The monoisotopic (exact) mass is 269 g/mol. The molecular weight excluding hydrogens is 258 g/mol. The number of carboxylic acid groups (broad SMARTS) is 1. The summed E-state index contributed by atoms with van der Waals surface area (Å²) in [6, 6.07) is 6.95. The SMILES string of the molecule is CN1C(=O)Cc2cc(-c3cc(C(=O)O)ncn3)ccc21. The molecule has 20 heavy (non-hydrogen) atoms. The zero-order valence-electron chi connectivity index (χ0n) is 10.7. The molecule has 2 heterocycles. The molecule has 1 aliphatic rings. The number of anilines is 1. The third kappa shape index (κ3) is 1.91. The van der Waals surface area contributed by atoms with Gasteiger partial charge in [0.25, 0.3) is 0 Å². The third-order valence-corrected chi connectivity index (χ3v) is 3.34. The molecule has 1 N–H and O–H groups in total. The lowest BCUT2D eigenvalue weighted by Crippen LogP contribution is -2.20. The van der Waals surface area contributed by atoms with E-state index in [2.05, 4.69) is 9.97 Å². The van der Waals surface area contributed by atoms with E-state index < -0.39 is 5.97 Å². The highest BCUT2D eigenvalue weighted by Crippen LogP contribution is 2.31. The quantitative estimate of drug-likeness (QED) is 0.890. The van der Waals surface area contributed by atoms with Gasteiger partial charge >= 0.3 is 5.97 Å². The molecule has 0 fully saturated rings. The number of carboxylic acids is 1. The maximum atomic E-state index is 11.6. The first-order chi connectivity index (χ1) is 9.56. The van der Waals surface area contributed by atoms with E-state index in [9.17, 15) is 9.59 Å². The van der Waals surface area contributed by atoms with Gasteiger partial charge in [0.15, 0.2) is 5.69 Å². The van der Waals surface area contributed by atoms with Crippen LogP contribution in [-0.2, 0) is 11.2 Å². The highest BCUT2D eigenvalue weighted by molar-refractivity contribution is 6.01. The molecule has 1 amide bonds. The second kappa shape index (κ2) is 4.41. The van der Waals surface area contributed by atoms with Crippen molar-refractivity contribution < 1.29 is 14.7 Å². The minimum Gasteiger partial charge on any atom is -0.477 e. The van der Waals surface area contributed by atoms with E-state index in [1.54, 1.807) is 11.9 Å². The summed E-state index contributed by atoms with van der Waals surface area (Å²) in [6.45, 7) is 0. The second-order valence-electron chi connectivity index (χ2n) is 4.57. The summed E-state index contributed by atoms with van der Waals surface area (Å²) in [5.41, 5.74) is 3.05. The van der Waals surface area contributed by atoms with Gasteiger partial charge in [0.2, 0.25) is 5.91 Å². The minimum absolute atomic E-state index is 0.0473. The number of amides is 1. The minimum atomic E-state index is -1.09. The van der Waals surface area contributed by atoms with E-state index in [4.69, 9.17) is 5.11 Å². The number of hydrogen-bond donors (Lipinski definition) is 1. The molecule has 1 aromatic heterocycles. The van der Waals surface area contributed by atoms with Crippen LogP contribution >= 0.6 is 0 Å². The van der Waals surface area contributed by atoms with Crippen LogP contribution in [0.15, 0.2) is 30.6 Å². The number of likely N-dealkylation sites (N-methyl/N-ethyl adjacent to an activating group) is 1. The Hall–Kier alpha value is -2.76. The average Bonchev–Trinajstić information content (AvgIpc) is 2.74. The molecule has 0 atom stereocenters. The lowest BCUT2D eigenvalue weighted by molar-refractivity contribution is -0.117. The van der Waals surface area contributed by atoms with E-state index >= 15 is 0 Å². The van der Waals surface area contributed by atoms with Crippen LogP contribution in [0, 0.1) is 0 Å². The summed E-state index contributed by atoms with van der Waals surface area (Å²) >= 11 is 0. The predicted molar refractivity (Wildman–Crippen MR) is 71.5 cm³/mol. The Morgan fingerprint density at radius 3 is 2.85 bits per heavy atom. The van der Waals surface area contributed by atoms with Gasteiger partial charge < -0.3 is 10.0 Å². The van der Waals surface area contributed by atoms with Crippen molar-refractivity contribution in [1.29, 1.82) is 0 Å². The van der Waals surface area contributed by atoms with Crippen molar-refractivity contribution >= 4 is 17.6 Å². The standard InChI is InChI=1S/C14H11N3O3/c1-17-12-3-2-8(4-9(12)5-13(17)18)10-6-11(14(19)20)16-7-15-10/h2-4,6-7H,5H2,1H3,(H,19,20). The van der Waals surface area contributed by atoms with Crippen molar-refractivity contribution in [3.63, 3.8) is 0 Å². The molecule has 2 aromatic rings. The molecule has 6 nitrogen and oxygen atoms in total. The summed E-state index contributed by atoms with van der Waals surface area (Å²) in [7, 11) is 1.74. The number of aromatic carboxylic acids is 1. The summed E-state index contributed by atoms with van der Waals surface area (Å²) < 4.78 is 0. The Labute approximate surface area is 114 Å². The maximum absolute atomic E-state index is 11.6. The number of aromatic nitrogens is 2. The number of carbonyl (C=O) groups is 2. The molecule has 0 radical (unpaired) electrons. The van der Waals surface area contributed by atoms with E-state index in [-0.39, 0.29) is 11.6 Å². The van der Waals surface area contributed by atoms with Crippen molar-refractivity contribution in [2.75, 3.05) is 11.9 Å². The first-order valence-electron chi connectivity index (χ1n) is 6.01. The smallest absolute Gasteiger partial charge is 0.354 e. The zero-order valence-corrected chi connectivity index (χ0v) is 10.7. The number of hydrogen-bond acceptors (Lipinski definition) is 4. The molecule has 0 saturated heterocycles. The van der Waals surface area contributed by atoms with Gasteiger partial charge in [-0.1, -0.05) is 6.07 Å². The van der Waals surface area contributed by atoms with Crippen LogP contribution in [0.25, 0.3) is 11.3 Å². The molecule has 1 aromatic carbocycles. The number of nitrogens with zero attached hydrogens (tertiary/aromatic N) is 3. The fraction of sp³-hybridized carbons (Fsp3) is 0.143. The van der Waals surface area contributed by atoms with E-state index in [0.717, 1.165) is 16.8 Å². The van der Waals surface area contributed by atoms with Gasteiger partial charge in [0.1, 0.15) is 6.33 Å². The van der Waals surface area contributed by atoms with Crippen LogP contribution in [0.4, 0.5) is 5.69 Å². The predicted octanol–water partition coefficient (Wildman–Crippen LogP) is 1.36. The molecule has 3 rings (SSSR count). The van der Waals surface area contributed by atoms with E-state index in [1.807, 2.05) is 18.2 Å². The van der Waals surface area contributed by atoms with Crippen molar-refractivity contribution in [3.8, 4) is 11.3 Å². The number of rotatable bonds is 2. The Bertz CT molecular complexity index is 727. The summed E-state index contributed by atoms with van der Waals surface area (Å²) in [5.74, 6) is -1.05. The Kier molecular flexibility index (Phi) is 2.71. The topological polar surface area (TPSA) is 83.4 Å². The third-order valence-electron chi connectivity index (χ3n) is 3.34. The van der Waals surface area contributed by atoms with Crippen LogP contribution in [0.1, 0.15) is 16.1 Å². The molecule has 0 bridgehead atoms. The van der Waals surface area contributed by atoms with Gasteiger partial charge in [-0.05, 0) is 23.8 Å². The number of benzene rings is 1. The van der Waals surface area contributed by atoms with Crippen LogP contribution in [0.3, 0.4) is 0 Å². The zero-order chi connectivity index (χ0) is 14.3. The van der Waals surface area contributed by atoms with Crippen LogP contribution in [0.5, 0.6) is 0 Å². The second-order valence-corrected chi connectivity index (χ2v) is 4.57. The van der Waals surface area contributed by atoms with Gasteiger partial charge in [-0.25, -0.2) is 14.8 Å². The normalized spacial score (nSPS) is 13.4. The van der Waals surface area contributed by atoms with Gasteiger partial charge in [-0.3, -0.25) is 4.79 Å². The van der Waals surface area contributed by atoms with Gasteiger partial charge in [-0.15, -0.1) is 0 Å². The lowest BCUT2D eigenvalue weighted by atomic mass is 10.1.